The van der Waals surface area contributed by atoms with E-state index in [1.807, 2.05) is 0 Å². The Morgan fingerprint density at radius 1 is 1.56 bits per heavy atom. The Morgan fingerprint density at radius 3 is 3.00 bits per heavy atom. The van der Waals surface area contributed by atoms with Crippen molar-refractivity contribution in [2.24, 2.45) is 0 Å². The zero-order chi connectivity index (χ0) is 11.7. The molecule has 16 heavy (non-hydrogen) atoms. The first-order chi connectivity index (χ1) is 7.63. The summed E-state index contributed by atoms with van der Waals surface area (Å²) in [7, 11) is 0. The van der Waals surface area contributed by atoms with Gasteiger partial charge in [-0.15, -0.1) is 11.3 Å². The average Bonchev–Trinajstić information content (AvgIpc) is 2.69. The van der Waals surface area contributed by atoms with Crippen molar-refractivity contribution >= 4 is 43.3 Å². The van der Waals surface area contributed by atoms with E-state index in [-0.39, 0.29) is 5.82 Å². The van der Waals surface area contributed by atoms with Crippen molar-refractivity contribution in [3.05, 3.63) is 33.4 Å². The summed E-state index contributed by atoms with van der Waals surface area (Å²) in [6.07, 6.45) is 0. The molecule has 1 heterocycles. The number of hydrogen-bond donors (Lipinski definition) is 0. The van der Waals surface area contributed by atoms with Gasteiger partial charge in [-0.05, 0) is 40.4 Å². The molecule has 0 fully saturated rings. The Hall–Kier alpha value is -0.940. The lowest BCUT2D eigenvalue weighted by Crippen LogP contribution is -2.01. The van der Waals surface area contributed by atoms with E-state index in [4.69, 9.17) is 4.74 Å². The molecule has 0 aliphatic heterocycles. The van der Waals surface area contributed by atoms with Crippen LogP contribution in [0.25, 0.3) is 10.1 Å². The highest BCUT2D eigenvalue weighted by atomic mass is 79.9. The molecular weight excluding hydrogens is 295 g/mol. The second-order valence-corrected chi connectivity index (χ2v) is 5.02. The number of ether oxygens (including phenoxy) is 1. The molecule has 0 bridgehead atoms. The van der Waals surface area contributed by atoms with Crippen LogP contribution in [-0.4, -0.2) is 12.6 Å². The summed E-state index contributed by atoms with van der Waals surface area (Å²) in [6.45, 7) is 2.06. The van der Waals surface area contributed by atoms with Gasteiger partial charge in [0.1, 0.15) is 4.88 Å². The first-order valence-corrected chi connectivity index (χ1v) is 6.29. The van der Waals surface area contributed by atoms with E-state index in [0.717, 1.165) is 11.3 Å². The van der Waals surface area contributed by atoms with Crippen molar-refractivity contribution in [2.45, 2.75) is 6.92 Å². The highest BCUT2D eigenvalue weighted by Crippen LogP contribution is 2.32. The largest absolute Gasteiger partial charge is 0.462 e. The third-order valence-electron chi connectivity index (χ3n) is 2.06. The first kappa shape index (κ1) is 11.5. The van der Waals surface area contributed by atoms with E-state index in [9.17, 15) is 9.18 Å². The van der Waals surface area contributed by atoms with E-state index < -0.39 is 5.97 Å². The highest BCUT2D eigenvalue weighted by molar-refractivity contribution is 9.10. The van der Waals surface area contributed by atoms with Gasteiger partial charge in [-0.3, -0.25) is 0 Å². The molecule has 0 radical (unpaired) electrons. The van der Waals surface area contributed by atoms with Gasteiger partial charge in [0, 0.05) is 0 Å². The molecule has 0 aliphatic carbocycles. The number of hydrogen-bond acceptors (Lipinski definition) is 3. The summed E-state index contributed by atoms with van der Waals surface area (Å²) >= 11 is 4.22. The molecule has 1 aromatic carbocycles. The fraction of sp³-hybridized carbons (Fsp3) is 0.182. The van der Waals surface area contributed by atoms with Crippen LogP contribution >= 0.6 is 27.3 Å². The smallest absolute Gasteiger partial charge is 0.348 e. The maximum atomic E-state index is 13.7. The molecule has 0 saturated carbocycles. The normalized spacial score (nSPS) is 10.7. The summed E-state index contributed by atoms with van der Waals surface area (Å²) in [5.74, 6) is -0.739. The highest BCUT2D eigenvalue weighted by Gasteiger charge is 2.14. The Labute approximate surface area is 104 Å². The number of carbonyl (C=O) groups excluding carboxylic acids is 1. The summed E-state index contributed by atoms with van der Waals surface area (Å²) in [6, 6.07) is 5.04. The fourth-order valence-corrected chi connectivity index (χ4v) is 2.80. The molecule has 0 N–H and O–H groups in total. The predicted molar refractivity (Wildman–Crippen MR) is 65.4 cm³/mol. The molecule has 1 aromatic heterocycles. The molecule has 5 heteroatoms. The minimum atomic E-state index is -0.403. The van der Waals surface area contributed by atoms with Gasteiger partial charge >= 0.3 is 5.97 Å². The van der Waals surface area contributed by atoms with Crippen LogP contribution in [-0.2, 0) is 4.74 Å². The van der Waals surface area contributed by atoms with Crippen molar-refractivity contribution in [1.82, 2.24) is 0 Å². The molecule has 0 aliphatic rings. The van der Waals surface area contributed by atoms with Crippen LogP contribution in [0.3, 0.4) is 0 Å². The van der Waals surface area contributed by atoms with Gasteiger partial charge in [0.2, 0.25) is 0 Å². The monoisotopic (exact) mass is 302 g/mol. The molecule has 2 aromatic rings. The molecule has 2 nitrogen and oxygen atoms in total. The Bertz CT molecular complexity index is 550. The van der Waals surface area contributed by atoms with Gasteiger partial charge in [-0.25, -0.2) is 9.18 Å². The second-order valence-electron chi connectivity index (χ2n) is 3.11. The summed E-state index contributed by atoms with van der Waals surface area (Å²) < 4.78 is 19.4. The molecule has 0 saturated heterocycles. The minimum absolute atomic E-state index is 0.319. The quantitative estimate of drug-likeness (QED) is 0.784. The van der Waals surface area contributed by atoms with Crippen LogP contribution < -0.4 is 0 Å². The Kier molecular flexibility index (Phi) is 3.25. The van der Waals surface area contributed by atoms with Gasteiger partial charge in [0.25, 0.3) is 0 Å². The molecular formula is C11H8BrFO2S. The van der Waals surface area contributed by atoms with Gasteiger partial charge in [-0.2, -0.15) is 0 Å². The summed E-state index contributed by atoms with van der Waals surface area (Å²) in [5.41, 5.74) is 0. The standard InChI is InChI=1S/C11H8BrFO2S/c1-2-15-11(14)8-5-6-3-4-7(12)9(13)10(6)16-8/h3-5H,2H2,1H3. The lowest BCUT2D eigenvalue weighted by atomic mass is 10.2. The van der Waals surface area contributed by atoms with E-state index in [1.54, 1.807) is 25.1 Å². The lowest BCUT2D eigenvalue weighted by molar-refractivity contribution is 0.0532. The number of rotatable bonds is 2. The minimum Gasteiger partial charge on any atom is -0.462 e. The maximum absolute atomic E-state index is 13.7. The number of carbonyl (C=O) groups is 1. The number of esters is 1. The Balaban J connectivity index is 2.52. The van der Waals surface area contributed by atoms with Crippen molar-refractivity contribution in [1.29, 1.82) is 0 Å². The van der Waals surface area contributed by atoms with Crippen LogP contribution in [0.1, 0.15) is 16.6 Å². The van der Waals surface area contributed by atoms with Crippen molar-refractivity contribution in [3.8, 4) is 0 Å². The average molecular weight is 303 g/mol. The van der Waals surface area contributed by atoms with Crippen molar-refractivity contribution in [2.75, 3.05) is 6.61 Å². The van der Waals surface area contributed by atoms with Crippen LogP contribution in [0.2, 0.25) is 0 Å². The SMILES string of the molecule is CCOC(=O)c1cc2ccc(Br)c(F)c2s1. The topological polar surface area (TPSA) is 26.3 Å². The molecule has 2 rings (SSSR count). The van der Waals surface area contributed by atoms with E-state index in [0.29, 0.717) is 26.0 Å². The second kappa shape index (κ2) is 4.51. The van der Waals surface area contributed by atoms with Gasteiger partial charge in [-0.1, -0.05) is 6.07 Å². The Morgan fingerprint density at radius 2 is 2.31 bits per heavy atom. The van der Waals surface area contributed by atoms with E-state index >= 15 is 0 Å². The van der Waals surface area contributed by atoms with Crippen LogP contribution in [0, 0.1) is 5.82 Å². The van der Waals surface area contributed by atoms with Crippen molar-refractivity contribution in [3.63, 3.8) is 0 Å². The number of halogens is 2. The van der Waals surface area contributed by atoms with Crippen LogP contribution in [0.4, 0.5) is 4.39 Å². The first-order valence-electron chi connectivity index (χ1n) is 4.68. The van der Waals surface area contributed by atoms with Crippen molar-refractivity contribution < 1.29 is 13.9 Å². The molecule has 0 spiro atoms. The van der Waals surface area contributed by atoms with Gasteiger partial charge < -0.3 is 4.74 Å². The number of thiophene rings is 1. The molecule has 0 unspecified atom stereocenters. The molecule has 84 valence electrons. The predicted octanol–water partition coefficient (Wildman–Crippen LogP) is 3.98. The third-order valence-corrected chi connectivity index (χ3v) is 3.79. The summed E-state index contributed by atoms with van der Waals surface area (Å²) in [5, 5.41) is 0.716. The van der Waals surface area contributed by atoms with Gasteiger partial charge in [0.15, 0.2) is 5.82 Å². The number of fused-ring (bicyclic) bond motifs is 1. The number of benzene rings is 1. The van der Waals surface area contributed by atoms with Gasteiger partial charge in [0.05, 0.1) is 15.8 Å². The van der Waals surface area contributed by atoms with Crippen LogP contribution in [0.5, 0.6) is 0 Å². The third kappa shape index (κ3) is 1.97. The van der Waals surface area contributed by atoms with Crippen LogP contribution in [0.15, 0.2) is 22.7 Å². The maximum Gasteiger partial charge on any atom is 0.348 e. The summed E-state index contributed by atoms with van der Waals surface area (Å²) in [4.78, 5) is 11.9. The zero-order valence-electron chi connectivity index (χ0n) is 8.42. The fourth-order valence-electron chi connectivity index (χ4n) is 1.35. The molecule has 0 amide bonds. The zero-order valence-corrected chi connectivity index (χ0v) is 10.8. The molecule has 0 atom stereocenters. The van der Waals surface area contributed by atoms with E-state index in [1.165, 1.54) is 0 Å². The van der Waals surface area contributed by atoms with E-state index in [2.05, 4.69) is 15.9 Å². The lowest BCUT2D eigenvalue weighted by Gasteiger charge is -1.96.